The fraction of sp³-hybridized carbons (Fsp3) is 0.600. The molecule has 0 saturated heterocycles. The molecule has 5 heteroatoms. The van der Waals surface area contributed by atoms with Gasteiger partial charge in [-0.15, -0.1) is 0 Å². The third kappa shape index (κ3) is 5.27. The van der Waals surface area contributed by atoms with Gasteiger partial charge in [-0.3, -0.25) is 10.1 Å². The molecule has 0 heterocycles. The Morgan fingerprint density at radius 2 is 1.85 bits per heavy atom. The largest absolute Gasteiger partial charge is 0.310 e. The van der Waals surface area contributed by atoms with Crippen molar-refractivity contribution in [2.45, 2.75) is 26.8 Å². The first-order valence-corrected chi connectivity index (χ1v) is 6.84. The van der Waals surface area contributed by atoms with E-state index in [1.54, 1.807) is 12.1 Å². The van der Waals surface area contributed by atoms with Crippen molar-refractivity contribution in [3.63, 3.8) is 0 Å². The van der Waals surface area contributed by atoms with Crippen LogP contribution in [0.3, 0.4) is 0 Å². The Labute approximate surface area is 121 Å². The first kappa shape index (κ1) is 16.6. The van der Waals surface area contributed by atoms with Crippen LogP contribution in [0.15, 0.2) is 24.3 Å². The Morgan fingerprint density at radius 3 is 2.30 bits per heavy atom. The Morgan fingerprint density at radius 1 is 1.30 bits per heavy atom. The van der Waals surface area contributed by atoms with Crippen molar-refractivity contribution >= 4 is 5.69 Å². The van der Waals surface area contributed by atoms with E-state index in [2.05, 4.69) is 45.1 Å². The maximum absolute atomic E-state index is 10.6. The van der Waals surface area contributed by atoms with Gasteiger partial charge in [-0.1, -0.05) is 26.0 Å². The molecule has 1 aromatic carbocycles. The van der Waals surface area contributed by atoms with Gasteiger partial charge in [-0.2, -0.15) is 0 Å². The summed E-state index contributed by atoms with van der Waals surface area (Å²) in [5.41, 5.74) is 1.38. The summed E-state index contributed by atoms with van der Waals surface area (Å²) in [6.07, 6.45) is 0. The number of nitro benzene ring substituents is 1. The van der Waals surface area contributed by atoms with Crippen molar-refractivity contribution in [3.8, 4) is 0 Å². The molecular weight excluding hydrogens is 254 g/mol. The van der Waals surface area contributed by atoms with E-state index in [1.165, 1.54) is 0 Å². The summed E-state index contributed by atoms with van der Waals surface area (Å²) >= 11 is 0. The highest BCUT2D eigenvalue weighted by molar-refractivity contribution is 5.34. The normalized spacial score (nSPS) is 13.5. The van der Waals surface area contributed by atoms with Crippen molar-refractivity contribution in [1.29, 1.82) is 0 Å². The van der Waals surface area contributed by atoms with Crippen molar-refractivity contribution in [2.24, 2.45) is 5.41 Å². The predicted octanol–water partition coefficient (Wildman–Crippen LogP) is 2.83. The molecule has 1 atom stereocenters. The maximum atomic E-state index is 10.6. The topological polar surface area (TPSA) is 58.4 Å². The zero-order chi connectivity index (χ0) is 15.3. The van der Waals surface area contributed by atoms with Gasteiger partial charge in [0, 0.05) is 31.3 Å². The molecule has 1 aromatic rings. The average Bonchev–Trinajstić information content (AvgIpc) is 2.34. The molecule has 0 fully saturated rings. The molecule has 1 rings (SSSR count). The molecule has 0 amide bonds. The third-order valence-corrected chi connectivity index (χ3v) is 3.23. The van der Waals surface area contributed by atoms with Crippen molar-refractivity contribution in [2.75, 3.05) is 27.2 Å². The maximum Gasteiger partial charge on any atom is 0.269 e. The van der Waals surface area contributed by atoms with Gasteiger partial charge in [0.2, 0.25) is 0 Å². The number of hydrogen-bond donors (Lipinski definition) is 1. The lowest BCUT2D eigenvalue weighted by molar-refractivity contribution is -0.384. The van der Waals surface area contributed by atoms with Crippen molar-refractivity contribution < 1.29 is 4.92 Å². The fourth-order valence-corrected chi connectivity index (χ4v) is 2.34. The molecule has 20 heavy (non-hydrogen) atoms. The summed E-state index contributed by atoms with van der Waals surface area (Å²) < 4.78 is 0. The quantitative estimate of drug-likeness (QED) is 0.616. The molecule has 0 aliphatic carbocycles. The van der Waals surface area contributed by atoms with Gasteiger partial charge >= 0.3 is 0 Å². The van der Waals surface area contributed by atoms with Crippen LogP contribution in [0, 0.1) is 15.5 Å². The second-order valence-corrected chi connectivity index (χ2v) is 6.35. The van der Waals surface area contributed by atoms with Crippen LogP contribution in [0.5, 0.6) is 0 Å². The molecule has 112 valence electrons. The van der Waals surface area contributed by atoms with Crippen LogP contribution < -0.4 is 5.32 Å². The smallest absolute Gasteiger partial charge is 0.269 e. The van der Waals surface area contributed by atoms with Gasteiger partial charge in [0.05, 0.1) is 4.92 Å². The Kier molecular flexibility index (Phi) is 5.65. The minimum absolute atomic E-state index is 0.133. The Hall–Kier alpha value is -1.46. The van der Waals surface area contributed by atoms with E-state index in [-0.39, 0.29) is 22.1 Å². The molecule has 1 unspecified atom stereocenters. The molecule has 0 radical (unpaired) electrons. The third-order valence-electron chi connectivity index (χ3n) is 3.23. The summed E-state index contributed by atoms with van der Waals surface area (Å²) in [5.74, 6) is 0. The van der Waals surface area contributed by atoms with E-state index < -0.39 is 0 Å². The van der Waals surface area contributed by atoms with E-state index in [1.807, 2.05) is 12.1 Å². The van der Waals surface area contributed by atoms with Crippen molar-refractivity contribution in [1.82, 2.24) is 10.2 Å². The van der Waals surface area contributed by atoms with Gasteiger partial charge in [0.1, 0.15) is 0 Å². The summed E-state index contributed by atoms with van der Waals surface area (Å²) in [6, 6.07) is 6.91. The van der Waals surface area contributed by atoms with E-state index in [0.29, 0.717) is 0 Å². The second kappa shape index (κ2) is 6.81. The van der Waals surface area contributed by atoms with Crippen LogP contribution in [-0.4, -0.2) is 37.0 Å². The minimum Gasteiger partial charge on any atom is -0.310 e. The number of nitrogens with zero attached hydrogens (tertiary/aromatic N) is 2. The fourth-order valence-electron chi connectivity index (χ4n) is 2.34. The highest BCUT2D eigenvalue weighted by atomic mass is 16.6. The molecule has 0 spiro atoms. The van der Waals surface area contributed by atoms with Crippen LogP contribution >= 0.6 is 0 Å². The highest BCUT2D eigenvalue weighted by Crippen LogP contribution is 2.20. The van der Waals surface area contributed by atoms with Crippen molar-refractivity contribution in [3.05, 3.63) is 39.9 Å². The van der Waals surface area contributed by atoms with E-state index in [4.69, 9.17) is 0 Å². The number of nitrogens with one attached hydrogen (secondary N) is 1. The number of benzene rings is 1. The molecule has 0 bridgehead atoms. The van der Waals surface area contributed by atoms with Crippen LogP contribution in [-0.2, 0) is 0 Å². The van der Waals surface area contributed by atoms with Gasteiger partial charge < -0.3 is 10.2 Å². The first-order valence-electron chi connectivity index (χ1n) is 6.84. The molecule has 0 aliphatic rings. The monoisotopic (exact) mass is 279 g/mol. The molecule has 1 N–H and O–H groups in total. The summed E-state index contributed by atoms with van der Waals surface area (Å²) in [6.45, 7) is 8.42. The molecule has 0 aliphatic heterocycles. The number of nitro groups is 1. The molecule has 0 saturated carbocycles. The summed E-state index contributed by atoms with van der Waals surface area (Å²) in [5, 5.41) is 14.1. The molecular formula is C15H25N3O2. The number of rotatable bonds is 7. The van der Waals surface area contributed by atoms with Gasteiger partial charge in [0.15, 0.2) is 0 Å². The standard InChI is InChI=1S/C15H25N3O2/c1-12(16-10-15(2,3)11-17(4)5)13-6-8-14(9-7-13)18(19)20/h6-9,12,16H,10-11H2,1-5H3. The highest BCUT2D eigenvalue weighted by Gasteiger charge is 2.20. The number of non-ortho nitro benzene ring substituents is 1. The molecule has 0 aromatic heterocycles. The lowest BCUT2D eigenvalue weighted by Gasteiger charge is -2.30. The van der Waals surface area contributed by atoms with E-state index in [0.717, 1.165) is 18.7 Å². The SMILES string of the molecule is CC(NCC(C)(C)CN(C)C)c1ccc([N+](=O)[O-])cc1. The van der Waals surface area contributed by atoms with Crippen LogP contribution in [0.4, 0.5) is 5.69 Å². The zero-order valence-electron chi connectivity index (χ0n) is 13.0. The Bertz CT molecular complexity index is 441. The van der Waals surface area contributed by atoms with E-state index >= 15 is 0 Å². The Balaban J connectivity index is 2.58. The van der Waals surface area contributed by atoms with Gasteiger partial charge in [-0.05, 0) is 32.0 Å². The van der Waals surface area contributed by atoms with E-state index in [9.17, 15) is 10.1 Å². The van der Waals surface area contributed by atoms with Gasteiger partial charge in [0.25, 0.3) is 5.69 Å². The van der Waals surface area contributed by atoms with Crippen LogP contribution in [0.2, 0.25) is 0 Å². The average molecular weight is 279 g/mol. The minimum atomic E-state index is -0.373. The van der Waals surface area contributed by atoms with Crippen LogP contribution in [0.1, 0.15) is 32.4 Å². The first-order chi connectivity index (χ1) is 9.21. The lowest BCUT2D eigenvalue weighted by atomic mass is 9.92. The summed E-state index contributed by atoms with van der Waals surface area (Å²) in [7, 11) is 4.14. The lowest BCUT2D eigenvalue weighted by Crippen LogP contribution is -2.38. The predicted molar refractivity (Wildman–Crippen MR) is 81.8 cm³/mol. The van der Waals surface area contributed by atoms with Gasteiger partial charge in [-0.25, -0.2) is 0 Å². The summed E-state index contributed by atoms with van der Waals surface area (Å²) in [4.78, 5) is 12.4. The molecule has 5 nitrogen and oxygen atoms in total. The number of hydrogen-bond acceptors (Lipinski definition) is 4. The zero-order valence-corrected chi connectivity index (χ0v) is 13.0. The second-order valence-electron chi connectivity index (χ2n) is 6.35. The van der Waals surface area contributed by atoms with Crippen LogP contribution in [0.25, 0.3) is 0 Å².